The number of benzene rings is 1. The SMILES string of the molecule is CN=C(NCc1nnc2n1CCC2)N1CCC(CSc2ccccc2)C1. The van der Waals surface area contributed by atoms with Crippen LogP contribution in [0.1, 0.15) is 24.5 Å². The van der Waals surface area contributed by atoms with Crippen molar-refractivity contribution in [1.82, 2.24) is 25.0 Å². The average molecular weight is 371 g/mol. The van der Waals surface area contributed by atoms with Gasteiger partial charge in [0.1, 0.15) is 5.82 Å². The van der Waals surface area contributed by atoms with Crippen molar-refractivity contribution in [2.24, 2.45) is 10.9 Å². The molecule has 0 saturated carbocycles. The van der Waals surface area contributed by atoms with Crippen molar-refractivity contribution in [1.29, 1.82) is 0 Å². The molecule has 2 aliphatic rings. The molecule has 138 valence electrons. The van der Waals surface area contributed by atoms with E-state index < -0.39 is 0 Å². The summed E-state index contributed by atoms with van der Waals surface area (Å²) in [6.45, 7) is 3.87. The van der Waals surface area contributed by atoms with Crippen LogP contribution in [0.5, 0.6) is 0 Å². The van der Waals surface area contributed by atoms with Crippen LogP contribution in [0.3, 0.4) is 0 Å². The Labute approximate surface area is 159 Å². The molecule has 0 amide bonds. The third-order valence-electron chi connectivity index (χ3n) is 5.12. The van der Waals surface area contributed by atoms with Gasteiger partial charge >= 0.3 is 0 Å². The number of aromatic nitrogens is 3. The van der Waals surface area contributed by atoms with Gasteiger partial charge in [-0.2, -0.15) is 0 Å². The summed E-state index contributed by atoms with van der Waals surface area (Å²) in [4.78, 5) is 8.21. The van der Waals surface area contributed by atoms with Gasteiger partial charge in [0, 0.05) is 43.8 Å². The van der Waals surface area contributed by atoms with Crippen LogP contribution in [0.25, 0.3) is 0 Å². The van der Waals surface area contributed by atoms with Gasteiger partial charge in [-0.3, -0.25) is 4.99 Å². The average Bonchev–Trinajstić information content (AvgIpc) is 3.40. The number of guanidine groups is 1. The van der Waals surface area contributed by atoms with Crippen molar-refractivity contribution in [2.45, 2.75) is 37.2 Å². The molecule has 0 bridgehead atoms. The number of thioether (sulfide) groups is 1. The fourth-order valence-electron chi connectivity index (χ4n) is 3.72. The summed E-state index contributed by atoms with van der Waals surface area (Å²) in [5.41, 5.74) is 0. The Morgan fingerprint density at radius 2 is 2.15 bits per heavy atom. The Kier molecular flexibility index (Phi) is 5.43. The Morgan fingerprint density at radius 3 is 3.00 bits per heavy atom. The van der Waals surface area contributed by atoms with E-state index >= 15 is 0 Å². The zero-order valence-electron chi connectivity index (χ0n) is 15.3. The molecule has 1 unspecified atom stereocenters. The molecular weight excluding hydrogens is 344 g/mol. The smallest absolute Gasteiger partial charge is 0.194 e. The maximum absolute atomic E-state index is 4.48. The molecule has 0 aliphatic carbocycles. The summed E-state index contributed by atoms with van der Waals surface area (Å²) in [5, 5.41) is 12.1. The maximum Gasteiger partial charge on any atom is 0.194 e. The third-order valence-corrected chi connectivity index (χ3v) is 6.36. The maximum atomic E-state index is 4.48. The minimum Gasteiger partial charge on any atom is -0.349 e. The molecule has 4 rings (SSSR count). The molecule has 7 heteroatoms. The molecule has 1 saturated heterocycles. The number of aryl methyl sites for hydroxylation is 1. The molecule has 0 spiro atoms. The van der Waals surface area contributed by atoms with Crippen molar-refractivity contribution >= 4 is 17.7 Å². The summed E-state index contributed by atoms with van der Waals surface area (Å²) in [7, 11) is 1.86. The molecule has 2 aromatic rings. The van der Waals surface area contributed by atoms with Crippen molar-refractivity contribution < 1.29 is 0 Å². The lowest BCUT2D eigenvalue weighted by Crippen LogP contribution is -2.40. The zero-order chi connectivity index (χ0) is 17.8. The molecule has 0 radical (unpaired) electrons. The number of aliphatic imine (C=N–C) groups is 1. The van der Waals surface area contributed by atoms with E-state index in [2.05, 4.69) is 60.3 Å². The number of hydrogen-bond donors (Lipinski definition) is 1. The lowest BCUT2D eigenvalue weighted by molar-refractivity contribution is 0.471. The fraction of sp³-hybridized carbons (Fsp3) is 0.526. The molecular formula is C19H26N6S. The Balaban J connectivity index is 1.27. The molecule has 1 aromatic carbocycles. The summed E-state index contributed by atoms with van der Waals surface area (Å²) in [6.07, 6.45) is 3.45. The number of nitrogens with zero attached hydrogens (tertiary/aromatic N) is 5. The van der Waals surface area contributed by atoms with E-state index in [0.717, 1.165) is 49.4 Å². The van der Waals surface area contributed by atoms with Gasteiger partial charge in [0.2, 0.25) is 0 Å². The lowest BCUT2D eigenvalue weighted by atomic mass is 10.2. The highest BCUT2D eigenvalue weighted by Gasteiger charge is 2.25. The second-order valence-corrected chi connectivity index (χ2v) is 8.01. The molecule has 3 heterocycles. The van der Waals surface area contributed by atoms with Crippen LogP contribution in [-0.4, -0.2) is 51.5 Å². The first kappa shape index (κ1) is 17.4. The summed E-state index contributed by atoms with van der Waals surface area (Å²) < 4.78 is 2.24. The van der Waals surface area contributed by atoms with Crippen LogP contribution in [0, 0.1) is 5.92 Å². The van der Waals surface area contributed by atoms with E-state index in [1.807, 2.05) is 18.8 Å². The minimum absolute atomic E-state index is 0.694. The Morgan fingerprint density at radius 1 is 1.27 bits per heavy atom. The van der Waals surface area contributed by atoms with Crippen LogP contribution < -0.4 is 5.32 Å². The van der Waals surface area contributed by atoms with Crippen LogP contribution in [0.15, 0.2) is 40.2 Å². The monoisotopic (exact) mass is 370 g/mol. The highest BCUT2D eigenvalue weighted by Crippen LogP contribution is 2.26. The highest BCUT2D eigenvalue weighted by molar-refractivity contribution is 7.99. The van der Waals surface area contributed by atoms with Crippen molar-refractivity contribution in [3.63, 3.8) is 0 Å². The Bertz CT molecular complexity index is 757. The second kappa shape index (κ2) is 8.12. The van der Waals surface area contributed by atoms with Crippen LogP contribution >= 0.6 is 11.8 Å². The van der Waals surface area contributed by atoms with Crippen LogP contribution in [0.4, 0.5) is 0 Å². The summed E-state index contributed by atoms with van der Waals surface area (Å²) in [5.74, 6) is 4.99. The van der Waals surface area contributed by atoms with Gasteiger partial charge in [0.25, 0.3) is 0 Å². The van der Waals surface area contributed by atoms with Gasteiger partial charge in [0.05, 0.1) is 6.54 Å². The van der Waals surface area contributed by atoms with Crippen molar-refractivity contribution in [3.8, 4) is 0 Å². The molecule has 1 fully saturated rings. The summed E-state index contributed by atoms with van der Waals surface area (Å²) >= 11 is 1.96. The molecule has 1 aromatic heterocycles. The first-order valence-electron chi connectivity index (χ1n) is 9.38. The third kappa shape index (κ3) is 3.87. The summed E-state index contributed by atoms with van der Waals surface area (Å²) in [6, 6.07) is 10.7. The van der Waals surface area contributed by atoms with Gasteiger partial charge in [-0.15, -0.1) is 22.0 Å². The van der Waals surface area contributed by atoms with Gasteiger partial charge in [-0.05, 0) is 30.9 Å². The van der Waals surface area contributed by atoms with E-state index in [-0.39, 0.29) is 0 Å². The largest absolute Gasteiger partial charge is 0.349 e. The van der Waals surface area contributed by atoms with Crippen LogP contribution in [-0.2, 0) is 19.5 Å². The number of fused-ring (bicyclic) bond motifs is 1. The van der Waals surface area contributed by atoms with E-state index in [1.165, 1.54) is 17.7 Å². The topological polar surface area (TPSA) is 58.3 Å². The predicted octanol–water partition coefficient (Wildman–Crippen LogP) is 2.41. The second-order valence-electron chi connectivity index (χ2n) is 6.91. The zero-order valence-corrected chi connectivity index (χ0v) is 16.1. The van der Waals surface area contributed by atoms with Gasteiger partial charge in [-0.1, -0.05) is 18.2 Å². The normalized spacial score (nSPS) is 19.8. The van der Waals surface area contributed by atoms with Crippen molar-refractivity contribution in [2.75, 3.05) is 25.9 Å². The first-order valence-corrected chi connectivity index (χ1v) is 10.4. The van der Waals surface area contributed by atoms with Crippen LogP contribution in [0.2, 0.25) is 0 Å². The van der Waals surface area contributed by atoms with E-state index in [0.29, 0.717) is 12.5 Å². The Hall–Kier alpha value is -2.02. The number of hydrogen-bond acceptors (Lipinski definition) is 4. The quantitative estimate of drug-likeness (QED) is 0.498. The molecule has 26 heavy (non-hydrogen) atoms. The van der Waals surface area contributed by atoms with E-state index in [4.69, 9.17) is 0 Å². The molecule has 6 nitrogen and oxygen atoms in total. The molecule has 2 aliphatic heterocycles. The minimum atomic E-state index is 0.694. The highest BCUT2D eigenvalue weighted by atomic mass is 32.2. The number of likely N-dealkylation sites (tertiary alicyclic amines) is 1. The van der Waals surface area contributed by atoms with Gasteiger partial charge in [-0.25, -0.2) is 0 Å². The number of rotatable bonds is 5. The van der Waals surface area contributed by atoms with E-state index in [9.17, 15) is 0 Å². The van der Waals surface area contributed by atoms with Crippen molar-refractivity contribution in [3.05, 3.63) is 42.0 Å². The molecule has 1 N–H and O–H groups in total. The number of nitrogens with one attached hydrogen (secondary N) is 1. The first-order chi connectivity index (χ1) is 12.8. The van der Waals surface area contributed by atoms with Gasteiger partial charge in [0.15, 0.2) is 11.8 Å². The lowest BCUT2D eigenvalue weighted by Gasteiger charge is -2.21. The standard InChI is InChI=1S/C19H26N6S/c1-20-19(21-12-18-23-22-17-8-5-10-25(17)18)24-11-9-15(13-24)14-26-16-6-3-2-4-7-16/h2-4,6-7,15H,5,8-14H2,1H3,(H,20,21). The fourth-order valence-corrected chi connectivity index (χ4v) is 4.77. The molecule has 1 atom stereocenters. The van der Waals surface area contributed by atoms with Gasteiger partial charge < -0.3 is 14.8 Å². The predicted molar refractivity (Wildman–Crippen MR) is 105 cm³/mol. The van der Waals surface area contributed by atoms with E-state index in [1.54, 1.807) is 0 Å².